The van der Waals surface area contributed by atoms with Gasteiger partial charge in [-0.05, 0) is 42.5 Å². The van der Waals surface area contributed by atoms with Crippen LogP contribution in [0.15, 0.2) is 59.0 Å². The fourth-order valence-electron chi connectivity index (χ4n) is 2.29. The van der Waals surface area contributed by atoms with Gasteiger partial charge in [-0.25, -0.2) is 0 Å². The van der Waals surface area contributed by atoms with E-state index in [-0.39, 0.29) is 16.6 Å². The molecule has 0 aliphatic carbocycles. The van der Waals surface area contributed by atoms with Crippen LogP contribution in [0.1, 0.15) is 10.6 Å². The normalized spacial score (nSPS) is 10.4. The molecule has 1 heterocycles. The van der Waals surface area contributed by atoms with Crippen LogP contribution in [0.4, 0.5) is 11.4 Å². The number of non-ortho nitro benzene ring substituents is 1. The first-order valence-corrected chi connectivity index (χ1v) is 8.92. The predicted octanol–water partition coefficient (Wildman–Crippen LogP) is 5.29. The highest BCUT2D eigenvalue weighted by Gasteiger charge is 2.15. The van der Waals surface area contributed by atoms with E-state index in [1.54, 1.807) is 30.3 Å². The second kappa shape index (κ2) is 8.39. The van der Waals surface area contributed by atoms with E-state index in [0.29, 0.717) is 27.1 Å². The minimum absolute atomic E-state index is 0.000190. The summed E-state index contributed by atoms with van der Waals surface area (Å²) in [6.07, 6.45) is 0. The fourth-order valence-corrected chi connectivity index (χ4v) is 2.80. The Kier molecular flexibility index (Phi) is 5.93. The molecule has 0 fully saturated rings. The van der Waals surface area contributed by atoms with Crippen molar-refractivity contribution in [3.8, 4) is 11.3 Å². The van der Waals surface area contributed by atoms with Crippen LogP contribution in [0.3, 0.4) is 0 Å². The molecule has 3 aromatic rings. The molecule has 10 heteroatoms. The van der Waals surface area contributed by atoms with E-state index in [9.17, 15) is 14.9 Å². The van der Waals surface area contributed by atoms with Crippen molar-refractivity contribution in [2.75, 3.05) is 5.32 Å². The van der Waals surface area contributed by atoms with Gasteiger partial charge in [-0.2, -0.15) is 0 Å². The van der Waals surface area contributed by atoms with Gasteiger partial charge in [0.05, 0.1) is 15.0 Å². The van der Waals surface area contributed by atoms with Crippen molar-refractivity contribution in [1.29, 1.82) is 0 Å². The molecule has 0 radical (unpaired) electrons. The maximum atomic E-state index is 12.3. The first kappa shape index (κ1) is 19.8. The van der Waals surface area contributed by atoms with Gasteiger partial charge in [-0.1, -0.05) is 35.3 Å². The molecule has 0 saturated heterocycles. The topological polar surface area (TPSA) is 97.4 Å². The van der Waals surface area contributed by atoms with Crippen molar-refractivity contribution < 1.29 is 14.1 Å². The summed E-state index contributed by atoms with van der Waals surface area (Å²) in [5, 5.41) is 16.9. The van der Waals surface area contributed by atoms with E-state index in [0.717, 1.165) is 0 Å². The number of anilines is 1. The number of furan rings is 1. The number of thiocarbonyl (C=S) groups is 1. The SMILES string of the molecule is O=C(NC(=S)Nc1ccc(Cl)c(Cl)c1)c1ccc(-c2cccc([N+](=O)[O-])c2)o1. The number of hydrogen-bond acceptors (Lipinski definition) is 5. The Balaban J connectivity index is 1.68. The number of carbonyl (C=O) groups is 1. The molecular formula is C18H11Cl2N3O4S. The number of benzene rings is 2. The lowest BCUT2D eigenvalue weighted by Crippen LogP contribution is -2.33. The molecule has 0 aliphatic rings. The highest BCUT2D eigenvalue weighted by atomic mass is 35.5. The van der Waals surface area contributed by atoms with E-state index in [1.807, 2.05) is 0 Å². The van der Waals surface area contributed by atoms with Crippen molar-refractivity contribution in [1.82, 2.24) is 5.32 Å². The Morgan fingerprint density at radius 3 is 2.57 bits per heavy atom. The molecule has 0 aliphatic heterocycles. The van der Waals surface area contributed by atoms with E-state index in [1.165, 1.54) is 24.3 Å². The molecule has 2 aromatic carbocycles. The average molecular weight is 436 g/mol. The van der Waals surface area contributed by atoms with Gasteiger partial charge in [0.15, 0.2) is 10.9 Å². The molecular weight excluding hydrogens is 425 g/mol. The number of nitro groups is 1. The highest BCUT2D eigenvalue weighted by Crippen LogP contribution is 2.26. The van der Waals surface area contributed by atoms with Crippen LogP contribution in [-0.4, -0.2) is 15.9 Å². The smallest absolute Gasteiger partial charge is 0.293 e. The maximum absolute atomic E-state index is 12.3. The molecule has 0 atom stereocenters. The summed E-state index contributed by atoms with van der Waals surface area (Å²) in [5.41, 5.74) is 0.952. The van der Waals surface area contributed by atoms with Crippen LogP contribution >= 0.6 is 35.4 Å². The third kappa shape index (κ3) is 4.66. The molecule has 1 aromatic heterocycles. The monoisotopic (exact) mass is 435 g/mol. The zero-order valence-electron chi connectivity index (χ0n) is 13.9. The zero-order valence-corrected chi connectivity index (χ0v) is 16.3. The second-order valence-electron chi connectivity index (χ2n) is 5.51. The van der Waals surface area contributed by atoms with Crippen molar-refractivity contribution >= 4 is 57.8 Å². The molecule has 142 valence electrons. The van der Waals surface area contributed by atoms with E-state index < -0.39 is 10.8 Å². The minimum atomic E-state index is -0.575. The fraction of sp³-hybridized carbons (Fsp3) is 0. The van der Waals surface area contributed by atoms with Gasteiger partial charge < -0.3 is 9.73 Å². The largest absolute Gasteiger partial charge is 0.451 e. The van der Waals surface area contributed by atoms with E-state index in [4.69, 9.17) is 39.8 Å². The first-order chi connectivity index (χ1) is 13.3. The maximum Gasteiger partial charge on any atom is 0.293 e. The molecule has 28 heavy (non-hydrogen) atoms. The third-order valence-electron chi connectivity index (χ3n) is 3.58. The Bertz CT molecular complexity index is 1080. The Morgan fingerprint density at radius 1 is 1.07 bits per heavy atom. The molecule has 0 unspecified atom stereocenters. The quantitative estimate of drug-likeness (QED) is 0.328. The van der Waals surface area contributed by atoms with Gasteiger partial charge in [0.2, 0.25) is 0 Å². The van der Waals surface area contributed by atoms with E-state index >= 15 is 0 Å². The summed E-state index contributed by atoms with van der Waals surface area (Å²) in [6, 6.07) is 13.7. The van der Waals surface area contributed by atoms with Crippen molar-refractivity contribution in [2.45, 2.75) is 0 Å². The lowest BCUT2D eigenvalue weighted by atomic mass is 10.1. The van der Waals surface area contributed by atoms with Crippen LogP contribution in [0, 0.1) is 10.1 Å². The molecule has 0 saturated carbocycles. The van der Waals surface area contributed by atoms with Crippen LogP contribution in [0.5, 0.6) is 0 Å². The lowest BCUT2D eigenvalue weighted by Gasteiger charge is -2.09. The number of nitrogens with zero attached hydrogens (tertiary/aromatic N) is 1. The van der Waals surface area contributed by atoms with Gasteiger partial charge in [0.1, 0.15) is 5.76 Å². The highest BCUT2D eigenvalue weighted by molar-refractivity contribution is 7.80. The van der Waals surface area contributed by atoms with Gasteiger partial charge in [-0.15, -0.1) is 0 Å². The second-order valence-corrected chi connectivity index (χ2v) is 6.73. The van der Waals surface area contributed by atoms with Crippen molar-refractivity contribution in [3.05, 3.63) is 80.5 Å². The van der Waals surface area contributed by atoms with Crippen LogP contribution in [0.2, 0.25) is 10.0 Å². The number of amides is 1. The minimum Gasteiger partial charge on any atom is -0.451 e. The van der Waals surface area contributed by atoms with Gasteiger partial charge in [0, 0.05) is 23.4 Å². The van der Waals surface area contributed by atoms with Gasteiger partial charge in [0.25, 0.3) is 11.6 Å². The Morgan fingerprint density at radius 2 is 1.86 bits per heavy atom. The van der Waals surface area contributed by atoms with Gasteiger partial charge in [-0.3, -0.25) is 20.2 Å². The lowest BCUT2D eigenvalue weighted by molar-refractivity contribution is -0.384. The summed E-state index contributed by atoms with van der Waals surface area (Å²) in [5.74, 6) is -0.258. The number of hydrogen-bond donors (Lipinski definition) is 2. The molecule has 0 bridgehead atoms. The summed E-state index contributed by atoms with van der Waals surface area (Å²) in [4.78, 5) is 22.7. The molecule has 3 rings (SSSR count). The van der Waals surface area contributed by atoms with Crippen molar-refractivity contribution in [3.63, 3.8) is 0 Å². The number of nitro benzene ring substituents is 1. The number of halogens is 2. The van der Waals surface area contributed by atoms with Gasteiger partial charge >= 0.3 is 0 Å². The van der Waals surface area contributed by atoms with Crippen LogP contribution < -0.4 is 10.6 Å². The third-order valence-corrected chi connectivity index (χ3v) is 4.52. The van der Waals surface area contributed by atoms with Crippen LogP contribution in [0.25, 0.3) is 11.3 Å². The zero-order chi connectivity index (χ0) is 20.3. The molecule has 2 N–H and O–H groups in total. The van der Waals surface area contributed by atoms with Crippen molar-refractivity contribution in [2.24, 2.45) is 0 Å². The Labute approximate surface area is 174 Å². The number of carbonyl (C=O) groups excluding carboxylic acids is 1. The average Bonchev–Trinajstić information content (AvgIpc) is 3.15. The predicted molar refractivity (Wildman–Crippen MR) is 111 cm³/mol. The summed E-state index contributed by atoms with van der Waals surface area (Å²) >= 11 is 16.9. The first-order valence-electron chi connectivity index (χ1n) is 7.75. The number of nitrogens with one attached hydrogen (secondary N) is 2. The Hall–Kier alpha value is -2.94. The standard InChI is InChI=1S/C18H11Cl2N3O4S/c19-13-5-4-11(9-14(13)20)21-18(28)22-17(24)16-7-6-15(27-16)10-2-1-3-12(8-10)23(25)26/h1-9H,(H2,21,22,24,28). The summed E-state index contributed by atoms with van der Waals surface area (Å²) in [6.45, 7) is 0. The molecule has 0 spiro atoms. The summed E-state index contributed by atoms with van der Waals surface area (Å²) < 4.78 is 5.49. The summed E-state index contributed by atoms with van der Waals surface area (Å²) in [7, 11) is 0. The number of rotatable bonds is 4. The van der Waals surface area contributed by atoms with Crippen LogP contribution in [-0.2, 0) is 0 Å². The van der Waals surface area contributed by atoms with E-state index in [2.05, 4.69) is 10.6 Å². The molecule has 7 nitrogen and oxygen atoms in total. The molecule has 1 amide bonds.